The van der Waals surface area contributed by atoms with Crippen molar-refractivity contribution < 1.29 is 13.3 Å². The molecule has 1 aliphatic carbocycles. The number of rotatable bonds is 2. The van der Waals surface area contributed by atoms with Crippen LogP contribution in [0.4, 0.5) is 8.78 Å². The minimum atomic E-state index is -2.54. The molecular weight excluding hydrogens is 332 g/mol. The van der Waals surface area contributed by atoms with E-state index in [0.717, 1.165) is 11.2 Å². The average Bonchev–Trinajstić information content (AvgIpc) is 3.00. The van der Waals surface area contributed by atoms with Gasteiger partial charge in [-0.1, -0.05) is 0 Å². The number of alkyl halides is 2. The number of hydrogen-bond donors (Lipinski definition) is 2. The molecule has 3 aromatic heterocycles. The van der Waals surface area contributed by atoms with E-state index in [2.05, 4.69) is 20.1 Å². The molecule has 1 fully saturated rings. The van der Waals surface area contributed by atoms with Crippen LogP contribution in [0.3, 0.4) is 0 Å². The highest BCUT2D eigenvalue weighted by Gasteiger charge is 2.37. The Bertz CT molecular complexity index is 925. The number of aromatic nitrogens is 5. The van der Waals surface area contributed by atoms with Crippen LogP contribution in [-0.2, 0) is 0 Å². The van der Waals surface area contributed by atoms with Crippen LogP contribution in [0, 0.1) is 4.64 Å². The summed E-state index contributed by atoms with van der Waals surface area (Å²) in [5, 5.41) is 3.11. The third kappa shape index (κ3) is 2.71. The van der Waals surface area contributed by atoms with Crippen molar-refractivity contribution in [1.29, 1.82) is 0 Å². The SMILES string of the molecule is FC1(F)CCC(c2c[nH][n+]3c(=S)cc(-c4ncccn4)[nH]c23)CC1. The maximum absolute atomic E-state index is 13.4. The van der Waals surface area contributed by atoms with Crippen LogP contribution in [0.5, 0.6) is 0 Å². The lowest BCUT2D eigenvalue weighted by Gasteiger charge is -2.26. The molecule has 0 unspecified atom stereocenters. The normalized spacial score (nSPS) is 18.1. The first kappa shape index (κ1) is 15.3. The highest BCUT2D eigenvalue weighted by molar-refractivity contribution is 7.71. The zero-order chi connectivity index (χ0) is 16.7. The molecule has 5 nitrogen and oxygen atoms in total. The molecule has 0 aliphatic heterocycles. The Kier molecular flexibility index (Phi) is 3.64. The van der Waals surface area contributed by atoms with E-state index in [0.29, 0.717) is 29.0 Å². The van der Waals surface area contributed by atoms with Crippen molar-refractivity contribution in [2.24, 2.45) is 0 Å². The molecule has 0 bridgehead atoms. The molecule has 4 rings (SSSR count). The largest absolute Gasteiger partial charge is 0.309 e. The Balaban J connectivity index is 1.78. The summed E-state index contributed by atoms with van der Waals surface area (Å²) in [6, 6.07) is 3.53. The van der Waals surface area contributed by atoms with Crippen molar-refractivity contribution >= 4 is 17.9 Å². The fourth-order valence-corrected chi connectivity index (χ4v) is 3.53. The minimum Gasteiger partial charge on any atom is -0.235 e. The van der Waals surface area contributed by atoms with Crippen LogP contribution in [0.1, 0.15) is 37.2 Å². The van der Waals surface area contributed by atoms with Crippen LogP contribution < -0.4 is 4.52 Å². The molecule has 3 heterocycles. The van der Waals surface area contributed by atoms with Crippen LogP contribution in [-0.4, -0.2) is 26.0 Å². The van der Waals surface area contributed by atoms with Gasteiger partial charge >= 0.3 is 5.65 Å². The number of nitrogens with one attached hydrogen (secondary N) is 2. The summed E-state index contributed by atoms with van der Waals surface area (Å²) in [6.07, 6.45) is 5.97. The molecule has 2 N–H and O–H groups in total. The van der Waals surface area contributed by atoms with E-state index in [1.165, 1.54) is 0 Å². The molecule has 1 saturated carbocycles. The predicted octanol–water partition coefficient (Wildman–Crippen LogP) is 3.56. The van der Waals surface area contributed by atoms with E-state index >= 15 is 0 Å². The number of H-pyrrole nitrogens is 2. The molecule has 124 valence electrons. The first-order chi connectivity index (χ1) is 11.5. The van der Waals surface area contributed by atoms with Gasteiger partial charge in [-0.05, 0) is 37.0 Å². The second-order valence-corrected chi connectivity index (χ2v) is 6.55. The number of fused-ring (bicyclic) bond motifs is 1. The maximum atomic E-state index is 13.4. The standard InChI is InChI=1S/C16H15F2N5S/c17-16(18)4-2-10(3-5-16)11-9-21-23-13(24)8-12(22-15(11)23)14-19-6-1-7-20-14/h1,6-10H,2-5H2,(H,21,22,24)/p+1. The van der Waals surface area contributed by atoms with Crippen molar-refractivity contribution in [3.05, 3.63) is 40.9 Å². The minimum absolute atomic E-state index is 0.0722. The zero-order valence-corrected chi connectivity index (χ0v) is 13.6. The summed E-state index contributed by atoms with van der Waals surface area (Å²) in [7, 11) is 0. The van der Waals surface area contributed by atoms with E-state index in [1.807, 2.05) is 6.20 Å². The van der Waals surface area contributed by atoms with Crippen molar-refractivity contribution in [2.75, 3.05) is 0 Å². The van der Waals surface area contributed by atoms with E-state index in [-0.39, 0.29) is 18.8 Å². The van der Waals surface area contributed by atoms with Gasteiger partial charge in [-0.3, -0.25) is 0 Å². The molecule has 0 aromatic carbocycles. The van der Waals surface area contributed by atoms with E-state index in [1.54, 1.807) is 29.0 Å². The monoisotopic (exact) mass is 348 g/mol. The number of hydrogen-bond acceptors (Lipinski definition) is 3. The summed E-state index contributed by atoms with van der Waals surface area (Å²) in [4.78, 5) is 11.8. The summed E-state index contributed by atoms with van der Waals surface area (Å²) < 4.78 is 29.2. The van der Waals surface area contributed by atoms with Gasteiger partial charge in [-0.2, -0.15) is 0 Å². The summed E-state index contributed by atoms with van der Waals surface area (Å²) in [5.74, 6) is -1.90. The molecule has 1 aliphatic rings. The molecule has 8 heteroatoms. The van der Waals surface area contributed by atoms with Gasteiger partial charge in [0.1, 0.15) is 0 Å². The average molecular weight is 348 g/mol. The number of nitrogens with zero attached hydrogens (tertiary/aromatic N) is 3. The fraction of sp³-hybridized carbons (Fsp3) is 0.375. The van der Waals surface area contributed by atoms with Crippen LogP contribution in [0.15, 0.2) is 30.7 Å². The van der Waals surface area contributed by atoms with Crippen molar-refractivity contribution in [1.82, 2.24) is 20.1 Å². The lowest BCUT2D eigenvalue weighted by atomic mass is 9.83. The van der Waals surface area contributed by atoms with Gasteiger partial charge in [-0.15, -0.1) is 4.52 Å². The number of aromatic amines is 2. The second-order valence-electron chi connectivity index (χ2n) is 6.14. The molecule has 0 radical (unpaired) electrons. The van der Waals surface area contributed by atoms with Crippen LogP contribution in [0.25, 0.3) is 17.2 Å². The third-order valence-corrected chi connectivity index (χ3v) is 4.85. The van der Waals surface area contributed by atoms with Crippen molar-refractivity contribution in [3.63, 3.8) is 0 Å². The lowest BCUT2D eigenvalue weighted by Crippen LogP contribution is -2.27. The Labute approximate surface area is 141 Å². The molecule has 24 heavy (non-hydrogen) atoms. The topological polar surface area (TPSA) is 61.5 Å². The highest BCUT2D eigenvalue weighted by Crippen LogP contribution is 2.41. The molecule has 0 saturated heterocycles. The first-order valence-electron chi connectivity index (χ1n) is 7.85. The Morgan fingerprint density at radius 3 is 2.62 bits per heavy atom. The van der Waals surface area contributed by atoms with Crippen molar-refractivity contribution in [2.45, 2.75) is 37.5 Å². The lowest BCUT2D eigenvalue weighted by molar-refractivity contribution is -0.586. The number of halogens is 2. The quantitative estimate of drug-likeness (QED) is 0.550. The smallest absolute Gasteiger partial charge is 0.235 e. The van der Waals surface area contributed by atoms with Crippen LogP contribution in [0.2, 0.25) is 0 Å². The van der Waals surface area contributed by atoms with Crippen LogP contribution >= 0.6 is 12.2 Å². The molecule has 0 spiro atoms. The van der Waals surface area contributed by atoms with Gasteiger partial charge in [0.15, 0.2) is 11.5 Å². The van der Waals surface area contributed by atoms with Gasteiger partial charge in [0.05, 0.1) is 11.8 Å². The Hall–Kier alpha value is -2.22. The summed E-state index contributed by atoms with van der Waals surface area (Å²) >= 11 is 5.43. The van der Waals surface area contributed by atoms with Gasteiger partial charge in [0.2, 0.25) is 10.6 Å². The zero-order valence-electron chi connectivity index (χ0n) is 12.8. The Morgan fingerprint density at radius 2 is 1.92 bits per heavy atom. The van der Waals surface area contributed by atoms with Gasteiger partial charge < -0.3 is 0 Å². The third-order valence-electron chi connectivity index (χ3n) is 4.55. The highest BCUT2D eigenvalue weighted by atomic mass is 32.1. The first-order valence-corrected chi connectivity index (χ1v) is 8.26. The van der Waals surface area contributed by atoms with E-state index in [4.69, 9.17) is 12.2 Å². The predicted molar refractivity (Wildman–Crippen MR) is 86.3 cm³/mol. The summed E-state index contributed by atoms with van der Waals surface area (Å²) in [6.45, 7) is 0. The van der Waals surface area contributed by atoms with E-state index in [9.17, 15) is 8.78 Å². The van der Waals surface area contributed by atoms with E-state index < -0.39 is 5.92 Å². The second kappa shape index (κ2) is 5.70. The fourth-order valence-electron chi connectivity index (χ4n) is 3.27. The molecule has 0 atom stereocenters. The molecule has 3 aromatic rings. The van der Waals surface area contributed by atoms with Gasteiger partial charge in [0, 0.05) is 31.3 Å². The Morgan fingerprint density at radius 1 is 1.21 bits per heavy atom. The van der Waals surface area contributed by atoms with Gasteiger partial charge in [0.25, 0.3) is 0 Å². The van der Waals surface area contributed by atoms with Crippen molar-refractivity contribution in [3.8, 4) is 11.5 Å². The summed E-state index contributed by atoms with van der Waals surface area (Å²) in [5.41, 5.74) is 2.48. The molecular formula is C16H16F2N5S+. The van der Waals surface area contributed by atoms with Gasteiger partial charge in [-0.25, -0.2) is 28.8 Å². The molecule has 0 amide bonds. The maximum Gasteiger partial charge on any atom is 0.309 e.